The van der Waals surface area contributed by atoms with Gasteiger partial charge in [-0.2, -0.15) is 12.8 Å². The molecule has 2 aromatic carbocycles. The van der Waals surface area contributed by atoms with Crippen molar-refractivity contribution < 1.29 is 8.42 Å². The summed E-state index contributed by atoms with van der Waals surface area (Å²) < 4.78 is 29.3. The van der Waals surface area contributed by atoms with E-state index in [4.69, 9.17) is 0 Å². The molecule has 0 heterocycles. The van der Waals surface area contributed by atoms with E-state index in [9.17, 15) is 8.42 Å². The van der Waals surface area contributed by atoms with Crippen molar-refractivity contribution in [3.05, 3.63) is 64.7 Å². The summed E-state index contributed by atoms with van der Waals surface area (Å²) in [7, 11) is -3.71. The fourth-order valence-electron chi connectivity index (χ4n) is 2.77. The van der Waals surface area contributed by atoms with Crippen LogP contribution in [0.5, 0.6) is 0 Å². The molecule has 2 rings (SSSR count). The second kappa shape index (κ2) is 6.28. The van der Waals surface area contributed by atoms with Crippen molar-refractivity contribution in [2.24, 2.45) is 4.40 Å². The van der Waals surface area contributed by atoms with Crippen LogP contribution in [-0.2, 0) is 15.4 Å². The minimum atomic E-state index is -3.71. The molecule has 0 aliphatic heterocycles. The van der Waals surface area contributed by atoms with Gasteiger partial charge in [-0.05, 0) is 37.5 Å². The first-order valence-corrected chi connectivity index (χ1v) is 9.02. The zero-order valence-electron chi connectivity index (χ0n) is 14.3. The molecule has 2 aromatic rings. The standard InChI is InChI=1S/C19H23NO2S/c1-14-11-15(2)18(16(3)12-14)23(21,22)20-13-19(4,5)17-9-7-6-8-10-17/h6-13H,1-5H3. The van der Waals surface area contributed by atoms with Crippen LogP contribution < -0.4 is 0 Å². The molecule has 0 aliphatic carbocycles. The van der Waals surface area contributed by atoms with Gasteiger partial charge in [-0.25, -0.2) is 0 Å². The Morgan fingerprint density at radius 3 is 2.00 bits per heavy atom. The second-order valence-corrected chi connectivity index (χ2v) is 8.09. The molecule has 23 heavy (non-hydrogen) atoms. The number of sulfonamides is 1. The molecule has 0 N–H and O–H groups in total. The highest BCUT2D eigenvalue weighted by molar-refractivity contribution is 7.90. The fraction of sp³-hybridized carbons (Fsp3) is 0.316. The normalized spacial score (nSPS) is 12.7. The van der Waals surface area contributed by atoms with Crippen molar-refractivity contribution in [2.75, 3.05) is 0 Å². The summed E-state index contributed by atoms with van der Waals surface area (Å²) >= 11 is 0. The minimum Gasteiger partial charge on any atom is -0.199 e. The number of hydrogen-bond donors (Lipinski definition) is 0. The Morgan fingerprint density at radius 2 is 1.48 bits per heavy atom. The van der Waals surface area contributed by atoms with E-state index < -0.39 is 15.4 Å². The average molecular weight is 329 g/mol. The molecule has 0 amide bonds. The molecule has 0 saturated carbocycles. The topological polar surface area (TPSA) is 46.5 Å². The van der Waals surface area contributed by atoms with Crippen LogP contribution in [0.25, 0.3) is 0 Å². The lowest BCUT2D eigenvalue weighted by atomic mass is 9.86. The molecule has 0 unspecified atom stereocenters. The van der Waals surface area contributed by atoms with Crippen LogP contribution in [0, 0.1) is 20.8 Å². The lowest BCUT2D eigenvalue weighted by molar-refractivity contribution is 0.596. The molecule has 122 valence electrons. The second-order valence-electron chi connectivity index (χ2n) is 6.53. The monoisotopic (exact) mass is 329 g/mol. The predicted molar refractivity (Wildman–Crippen MR) is 95.8 cm³/mol. The van der Waals surface area contributed by atoms with Crippen LogP contribution >= 0.6 is 0 Å². The van der Waals surface area contributed by atoms with Gasteiger partial charge in [-0.1, -0.05) is 61.9 Å². The van der Waals surface area contributed by atoms with Gasteiger partial charge in [0.2, 0.25) is 0 Å². The minimum absolute atomic E-state index is 0.309. The third-order valence-corrected chi connectivity index (χ3v) is 5.44. The Morgan fingerprint density at radius 1 is 0.957 bits per heavy atom. The highest BCUT2D eigenvalue weighted by atomic mass is 32.2. The van der Waals surface area contributed by atoms with Crippen molar-refractivity contribution in [1.29, 1.82) is 0 Å². The van der Waals surface area contributed by atoms with Crippen LogP contribution in [0.3, 0.4) is 0 Å². The molecule has 0 aromatic heterocycles. The smallest absolute Gasteiger partial charge is 0.199 e. The molecule has 3 nitrogen and oxygen atoms in total. The largest absolute Gasteiger partial charge is 0.282 e. The Kier molecular flexibility index (Phi) is 4.76. The Hall–Kier alpha value is -1.94. The Bertz CT molecular complexity index is 812. The van der Waals surface area contributed by atoms with E-state index in [0.29, 0.717) is 4.90 Å². The van der Waals surface area contributed by atoms with E-state index in [0.717, 1.165) is 22.3 Å². The fourth-order valence-corrected chi connectivity index (χ4v) is 4.21. The SMILES string of the molecule is Cc1cc(C)c(S(=O)(=O)N=CC(C)(C)c2ccccc2)c(C)c1. The Balaban J connectivity index is 2.43. The van der Waals surface area contributed by atoms with Gasteiger partial charge < -0.3 is 0 Å². The molecular weight excluding hydrogens is 306 g/mol. The van der Waals surface area contributed by atoms with Crippen molar-refractivity contribution in [2.45, 2.75) is 44.9 Å². The molecule has 0 bridgehead atoms. The molecule has 0 spiro atoms. The van der Waals surface area contributed by atoms with Crippen molar-refractivity contribution in [1.82, 2.24) is 0 Å². The van der Waals surface area contributed by atoms with E-state index >= 15 is 0 Å². The van der Waals surface area contributed by atoms with Gasteiger partial charge in [-0.15, -0.1) is 0 Å². The molecule has 4 heteroatoms. The summed E-state index contributed by atoms with van der Waals surface area (Å²) in [5.74, 6) is 0. The van der Waals surface area contributed by atoms with E-state index in [1.165, 1.54) is 6.21 Å². The van der Waals surface area contributed by atoms with Gasteiger partial charge in [0.25, 0.3) is 10.0 Å². The summed E-state index contributed by atoms with van der Waals surface area (Å²) in [6.45, 7) is 9.49. The first-order chi connectivity index (χ1) is 10.6. The van der Waals surface area contributed by atoms with Crippen molar-refractivity contribution >= 4 is 16.2 Å². The van der Waals surface area contributed by atoms with E-state index in [2.05, 4.69) is 4.40 Å². The number of hydrogen-bond acceptors (Lipinski definition) is 2. The van der Waals surface area contributed by atoms with E-state index in [-0.39, 0.29) is 0 Å². The van der Waals surface area contributed by atoms with Crippen molar-refractivity contribution in [3.63, 3.8) is 0 Å². The number of benzene rings is 2. The van der Waals surface area contributed by atoms with Crippen LogP contribution in [-0.4, -0.2) is 14.6 Å². The maximum absolute atomic E-state index is 12.7. The molecule has 0 fully saturated rings. The van der Waals surface area contributed by atoms with Gasteiger partial charge in [0.05, 0.1) is 4.90 Å². The molecule has 0 saturated heterocycles. The zero-order valence-corrected chi connectivity index (χ0v) is 15.1. The lowest BCUT2D eigenvalue weighted by Crippen LogP contribution is -2.20. The van der Waals surface area contributed by atoms with E-state index in [1.54, 1.807) is 0 Å². The molecule has 0 aliphatic rings. The van der Waals surface area contributed by atoms with Gasteiger partial charge in [-0.3, -0.25) is 0 Å². The number of rotatable bonds is 4. The highest BCUT2D eigenvalue weighted by Crippen LogP contribution is 2.25. The predicted octanol–water partition coefficient (Wildman–Crippen LogP) is 4.35. The van der Waals surface area contributed by atoms with Gasteiger partial charge in [0.1, 0.15) is 0 Å². The third-order valence-electron chi connectivity index (χ3n) is 3.89. The highest BCUT2D eigenvalue weighted by Gasteiger charge is 2.22. The first kappa shape index (κ1) is 17.4. The number of nitrogens with zero attached hydrogens (tertiary/aromatic N) is 1. The van der Waals surface area contributed by atoms with Gasteiger partial charge >= 0.3 is 0 Å². The maximum atomic E-state index is 12.7. The third kappa shape index (κ3) is 3.88. The van der Waals surface area contributed by atoms with Crippen LogP contribution in [0.15, 0.2) is 51.8 Å². The average Bonchev–Trinajstić information content (AvgIpc) is 2.45. The van der Waals surface area contributed by atoms with Crippen LogP contribution in [0.1, 0.15) is 36.1 Å². The summed E-state index contributed by atoms with van der Waals surface area (Å²) in [5, 5.41) is 0. The number of aryl methyl sites for hydroxylation is 3. The summed E-state index contributed by atoms with van der Waals surface area (Å²) in [6.07, 6.45) is 1.52. The summed E-state index contributed by atoms with van der Waals surface area (Å²) in [4.78, 5) is 0.309. The molecule has 0 atom stereocenters. The van der Waals surface area contributed by atoms with Gasteiger partial charge in [0.15, 0.2) is 0 Å². The Labute approximate surface area is 139 Å². The lowest BCUT2D eigenvalue weighted by Gasteiger charge is -2.19. The first-order valence-electron chi connectivity index (χ1n) is 7.58. The summed E-state index contributed by atoms with van der Waals surface area (Å²) in [6, 6.07) is 13.5. The zero-order chi connectivity index (χ0) is 17.3. The van der Waals surface area contributed by atoms with Crippen LogP contribution in [0.4, 0.5) is 0 Å². The summed E-state index contributed by atoms with van der Waals surface area (Å²) in [5.41, 5.74) is 3.08. The van der Waals surface area contributed by atoms with Crippen molar-refractivity contribution in [3.8, 4) is 0 Å². The quantitative estimate of drug-likeness (QED) is 0.783. The van der Waals surface area contributed by atoms with E-state index in [1.807, 2.05) is 77.1 Å². The van der Waals surface area contributed by atoms with Gasteiger partial charge in [0, 0.05) is 11.6 Å². The van der Waals surface area contributed by atoms with Crippen LogP contribution in [0.2, 0.25) is 0 Å². The molecular formula is C19H23NO2S. The maximum Gasteiger partial charge on any atom is 0.282 e. The molecule has 0 radical (unpaired) electrons.